The Labute approximate surface area is 267 Å². The van der Waals surface area contributed by atoms with Crippen molar-refractivity contribution in [1.29, 1.82) is 0 Å². The highest BCUT2D eigenvalue weighted by Crippen LogP contribution is 2.54. The first-order valence-corrected chi connectivity index (χ1v) is 15.4. The maximum absolute atomic E-state index is 14.0. The first-order chi connectivity index (χ1) is 21.9. The van der Waals surface area contributed by atoms with E-state index >= 15 is 0 Å². The van der Waals surface area contributed by atoms with E-state index in [1.807, 2.05) is 0 Å². The molecule has 0 radical (unpaired) electrons. The fourth-order valence-electron chi connectivity index (χ4n) is 7.03. The lowest BCUT2D eigenvalue weighted by Gasteiger charge is -2.45. The Kier molecular flexibility index (Phi) is 7.01. The number of fused-ring (bicyclic) bond motifs is 2. The van der Waals surface area contributed by atoms with Crippen LogP contribution in [0.25, 0.3) is 44.5 Å². The molecule has 228 valence electrons. The SMILES string of the molecule is CC1(C)c2cc(-c3ccc(F)cc3)c(-c3ccc(F)cc3)cc2C(C)(C)c2cc(-c3ccc(F)cc3)c(-c3ccc(F)cc3)cc21. The summed E-state index contributed by atoms with van der Waals surface area (Å²) >= 11 is 0. The number of halogens is 4. The Balaban J connectivity index is 1.52. The Morgan fingerprint density at radius 3 is 0.652 bits per heavy atom. The van der Waals surface area contributed by atoms with Crippen LogP contribution in [0.4, 0.5) is 17.6 Å². The molecule has 0 N–H and O–H groups in total. The average Bonchev–Trinajstić information content (AvgIpc) is 3.04. The number of benzene rings is 6. The number of hydrogen-bond acceptors (Lipinski definition) is 0. The van der Waals surface area contributed by atoms with Crippen molar-refractivity contribution in [2.75, 3.05) is 0 Å². The van der Waals surface area contributed by atoms with E-state index in [0.29, 0.717) is 0 Å². The van der Waals surface area contributed by atoms with Gasteiger partial charge in [0.15, 0.2) is 0 Å². The second kappa shape index (κ2) is 10.8. The van der Waals surface area contributed by atoms with E-state index in [0.717, 1.165) is 66.8 Å². The summed E-state index contributed by atoms with van der Waals surface area (Å²) in [4.78, 5) is 0. The molecule has 6 aromatic rings. The van der Waals surface area contributed by atoms with Crippen molar-refractivity contribution >= 4 is 0 Å². The van der Waals surface area contributed by atoms with Gasteiger partial charge >= 0.3 is 0 Å². The Morgan fingerprint density at radius 1 is 0.304 bits per heavy atom. The van der Waals surface area contributed by atoms with E-state index in [1.54, 1.807) is 48.5 Å². The normalized spacial score (nSPS) is 14.4. The van der Waals surface area contributed by atoms with Crippen LogP contribution in [0, 0.1) is 23.3 Å². The predicted molar refractivity (Wildman–Crippen MR) is 179 cm³/mol. The Morgan fingerprint density at radius 2 is 0.478 bits per heavy atom. The molecule has 4 heteroatoms. The van der Waals surface area contributed by atoms with Crippen molar-refractivity contribution in [3.8, 4) is 44.5 Å². The fourth-order valence-corrected chi connectivity index (χ4v) is 7.03. The van der Waals surface area contributed by atoms with Gasteiger partial charge in [-0.25, -0.2) is 17.6 Å². The molecule has 0 aromatic heterocycles. The van der Waals surface area contributed by atoms with E-state index in [1.165, 1.54) is 48.5 Å². The van der Waals surface area contributed by atoms with E-state index < -0.39 is 10.8 Å². The van der Waals surface area contributed by atoms with Gasteiger partial charge in [-0.15, -0.1) is 0 Å². The van der Waals surface area contributed by atoms with Crippen LogP contribution in [0.2, 0.25) is 0 Å². The molecule has 46 heavy (non-hydrogen) atoms. The number of hydrogen-bond donors (Lipinski definition) is 0. The third-order valence-electron chi connectivity index (χ3n) is 9.63. The molecule has 0 aliphatic heterocycles. The largest absolute Gasteiger partial charge is 0.207 e. The highest BCUT2D eigenvalue weighted by molar-refractivity contribution is 5.89. The van der Waals surface area contributed by atoms with Gasteiger partial charge in [0.25, 0.3) is 0 Å². The summed E-state index contributed by atoms with van der Waals surface area (Å²) in [5.74, 6) is -1.26. The van der Waals surface area contributed by atoms with Gasteiger partial charge in [-0.1, -0.05) is 76.2 Å². The van der Waals surface area contributed by atoms with Gasteiger partial charge in [0.1, 0.15) is 23.3 Å². The lowest BCUT2D eigenvalue weighted by atomic mass is 9.58. The van der Waals surface area contributed by atoms with Crippen molar-refractivity contribution in [2.24, 2.45) is 0 Å². The molecule has 0 nitrogen and oxygen atoms in total. The van der Waals surface area contributed by atoms with Gasteiger partial charge in [-0.2, -0.15) is 0 Å². The summed E-state index contributed by atoms with van der Waals surface area (Å²) in [6, 6.07) is 34.7. The molecular formula is C42H32F4. The molecule has 1 aliphatic carbocycles. The van der Waals surface area contributed by atoms with Crippen LogP contribution in [0.15, 0.2) is 121 Å². The summed E-state index contributed by atoms with van der Waals surface area (Å²) < 4.78 is 56.1. The molecule has 0 spiro atoms. The molecule has 0 saturated heterocycles. The smallest absolute Gasteiger partial charge is 0.123 e. The molecule has 0 unspecified atom stereocenters. The summed E-state index contributed by atoms with van der Waals surface area (Å²) in [6.07, 6.45) is 0. The lowest BCUT2D eigenvalue weighted by molar-refractivity contribution is 0.521. The van der Waals surface area contributed by atoms with Crippen LogP contribution in [0.1, 0.15) is 49.9 Å². The van der Waals surface area contributed by atoms with Gasteiger partial charge in [-0.05, 0) is 140 Å². The summed E-state index contributed by atoms with van der Waals surface area (Å²) in [7, 11) is 0. The standard InChI is InChI=1S/C42H32F4/c1-41(2)37-21-33(25-5-13-29(43)14-6-25)35(27-9-17-31(45)18-10-27)23-39(37)42(3,4)40-24-36(28-11-19-32(46)20-12-28)34(22-38(40)41)26-7-15-30(44)16-8-26/h5-24H,1-4H3. The highest BCUT2D eigenvalue weighted by Gasteiger charge is 2.43. The van der Waals surface area contributed by atoms with E-state index in [-0.39, 0.29) is 23.3 Å². The highest BCUT2D eigenvalue weighted by atomic mass is 19.1. The third kappa shape index (κ3) is 4.93. The summed E-state index contributed by atoms with van der Waals surface area (Å²) in [5, 5.41) is 0. The van der Waals surface area contributed by atoms with Crippen LogP contribution in [-0.4, -0.2) is 0 Å². The van der Waals surface area contributed by atoms with Gasteiger partial charge < -0.3 is 0 Å². The topological polar surface area (TPSA) is 0 Å². The van der Waals surface area contributed by atoms with Crippen LogP contribution in [0.3, 0.4) is 0 Å². The van der Waals surface area contributed by atoms with Gasteiger partial charge in [0, 0.05) is 10.8 Å². The van der Waals surface area contributed by atoms with Crippen LogP contribution < -0.4 is 0 Å². The summed E-state index contributed by atoms with van der Waals surface area (Å²) in [6.45, 7) is 8.83. The van der Waals surface area contributed by atoms with Crippen molar-refractivity contribution in [2.45, 2.75) is 38.5 Å². The van der Waals surface area contributed by atoms with Crippen molar-refractivity contribution in [3.05, 3.63) is 167 Å². The quantitative estimate of drug-likeness (QED) is 0.174. The molecular weight excluding hydrogens is 580 g/mol. The molecule has 7 rings (SSSR count). The number of rotatable bonds is 4. The zero-order valence-corrected chi connectivity index (χ0v) is 26.1. The summed E-state index contributed by atoms with van der Waals surface area (Å²) in [5.41, 5.74) is 10.8. The average molecular weight is 613 g/mol. The van der Waals surface area contributed by atoms with Gasteiger partial charge in [-0.3, -0.25) is 0 Å². The second-order valence-corrected chi connectivity index (χ2v) is 13.2. The van der Waals surface area contributed by atoms with Crippen LogP contribution in [-0.2, 0) is 10.8 Å². The monoisotopic (exact) mass is 612 g/mol. The maximum atomic E-state index is 14.0. The molecule has 0 saturated carbocycles. The van der Waals surface area contributed by atoms with Crippen molar-refractivity contribution < 1.29 is 17.6 Å². The minimum Gasteiger partial charge on any atom is -0.207 e. The van der Waals surface area contributed by atoms with E-state index in [2.05, 4.69) is 52.0 Å². The molecule has 1 aliphatic rings. The molecule has 0 bridgehead atoms. The minimum atomic E-state index is -0.466. The second-order valence-electron chi connectivity index (χ2n) is 13.2. The van der Waals surface area contributed by atoms with Gasteiger partial charge in [0.2, 0.25) is 0 Å². The third-order valence-corrected chi connectivity index (χ3v) is 9.63. The van der Waals surface area contributed by atoms with Crippen molar-refractivity contribution in [3.63, 3.8) is 0 Å². The first-order valence-electron chi connectivity index (χ1n) is 15.4. The maximum Gasteiger partial charge on any atom is 0.123 e. The fraction of sp³-hybridized carbons (Fsp3) is 0.143. The molecule has 0 heterocycles. The van der Waals surface area contributed by atoms with E-state index in [9.17, 15) is 17.6 Å². The van der Waals surface area contributed by atoms with Crippen LogP contribution >= 0.6 is 0 Å². The molecule has 6 aromatic carbocycles. The Hall–Kier alpha value is -4.96. The minimum absolute atomic E-state index is 0.314. The van der Waals surface area contributed by atoms with Gasteiger partial charge in [0.05, 0.1) is 0 Å². The van der Waals surface area contributed by atoms with Crippen LogP contribution in [0.5, 0.6) is 0 Å². The lowest BCUT2D eigenvalue weighted by Crippen LogP contribution is -2.37. The van der Waals surface area contributed by atoms with E-state index in [4.69, 9.17) is 0 Å². The van der Waals surface area contributed by atoms with Crippen molar-refractivity contribution in [1.82, 2.24) is 0 Å². The zero-order valence-electron chi connectivity index (χ0n) is 26.1. The zero-order chi connectivity index (χ0) is 32.4. The molecule has 0 atom stereocenters. The first kappa shape index (κ1) is 29.7. The Bertz CT molecular complexity index is 1780. The predicted octanol–water partition coefficient (Wildman–Crippen LogP) is 11.9. The molecule has 0 amide bonds. The molecule has 0 fully saturated rings.